The van der Waals surface area contributed by atoms with E-state index >= 15 is 0 Å². The van der Waals surface area contributed by atoms with Crippen molar-refractivity contribution in [3.63, 3.8) is 0 Å². The molecule has 0 saturated carbocycles. The maximum atomic E-state index is 12.6. The quantitative estimate of drug-likeness (QED) is 0.931. The number of nitrogen functional groups attached to an aromatic ring is 1. The number of benzene rings is 1. The lowest BCUT2D eigenvalue weighted by Gasteiger charge is -2.35. The monoisotopic (exact) mass is 325 g/mol. The Kier molecular flexibility index (Phi) is 4.99. The molecule has 1 saturated heterocycles. The third-order valence-electron chi connectivity index (χ3n) is 4.47. The van der Waals surface area contributed by atoms with Gasteiger partial charge in [-0.05, 0) is 48.9 Å². The van der Waals surface area contributed by atoms with E-state index in [9.17, 15) is 4.79 Å². The predicted molar refractivity (Wildman–Crippen MR) is 93.3 cm³/mol. The highest BCUT2D eigenvalue weighted by Crippen LogP contribution is 2.33. The van der Waals surface area contributed by atoms with Crippen LogP contribution in [-0.4, -0.2) is 22.5 Å². The van der Waals surface area contributed by atoms with Crippen LogP contribution >= 0.6 is 0 Å². The number of amides is 1. The van der Waals surface area contributed by atoms with Crippen molar-refractivity contribution >= 4 is 11.9 Å². The number of nitrogens with zero attached hydrogens (tertiary/aromatic N) is 2. The molecule has 0 bridgehead atoms. The van der Waals surface area contributed by atoms with Crippen LogP contribution in [0.25, 0.3) is 0 Å². The van der Waals surface area contributed by atoms with E-state index in [4.69, 9.17) is 10.5 Å². The average molecular weight is 325 g/mol. The summed E-state index contributed by atoms with van der Waals surface area (Å²) in [6.07, 6.45) is 4.54. The molecule has 1 aromatic heterocycles. The van der Waals surface area contributed by atoms with Crippen LogP contribution in [0.4, 0.5) is 10.6 Å². The van der Waals surface area contributed by atoms with E-state index in [1.165, 1.54) is 0 Å². The summed E-state index contributed by atoms with van der Waals surface area (Å²) in [7, 11) is 0. The zero-order chi connectivity index (χ0) is 16.9. The Morgan fingerprint density at radius 3 is 2.88 bits per heavy atom. The van der Waals surface area contributed by atoms with Gasteiger partial charge in [-0.1, -0.05) is 30.3 Å². The molecule has 5 nitrogen and oxygen atoms in total. The van der Waals surface area contributed by atoms with Crippen molar-refractivity contribution in [3.05, 3.63) is 59.3 Å². The molecule has 126 valence electrons. The van der Waals surface area contributed by atoms with E-state index in [1.807, 2.05) is 48.2 Å². The molecule has 0 aliphatic carbocycles. The second-order valence-electron chi connectivity index (χ2n) is 6.21. The summed E-state index contributed by atoms with van der Waals surface area (Å²) in [6, 6.07) is 11.6. The Morgan fingerprint density at radius 1 is 1.33 bits per heavy atom. The van der Waals surface area contributed by atoms with Gasteiger partial charge in [-0.2, -0.15) is 0 Å². The molecular weight excluding hydrogens is 302 g/mol. The molecule has 0 unspecified atom stereocenters. The van der Waals surface area contributed by atoms with Gasteiger partial charge in [0.2, 0.25) is 0 Å². The van der Waals surface area contributed by atoms with Gasteiger partial charge in [0.25, 0.3) is 0 Å². The fraction of sp³-hybridized carbons (Fsp3) is 0.368. The van der Waals surface area contributed by atoms with E-state index in [0.717, 1.165) is 36.0 Å². The number of pyridine rings is 1. The molecule has 5 heteroatoms. The summed E-state index contributed by atoms with van der Waals surface area (Å²) in [6.45, 7) is 3.01. The molecule has 1 aromatic carbocycles. The van der Waals surface area contributed by atoms with Crippen molar-refractivity contribution < 1.29 is 9.53 Å². The third-order valence-corrected chi connectivity index (χ3v) is 4.47. The Hall–Kier alpha value is -2.56. The third kappa shape index (κ3) is 3.67. The first kappa shape index (κ1) is 16.3. The van der Waals surface area contributed by atoms with Gasteiger partial charge in [-0.15, -0.1) is 0 Å². The Balaban J connectivity index is 1.73. The van der Waals surface area contributed by atoms with Crippen LogP contribution in [0.15, 0.2) is 42.6 Å². The van der Waals surface area contributed by atoms with Gasteiger partial charge in [-0.3, -0.25) is 0 Å². The van der Waals surface area contributed by atoms with E-state index < -0.39 is 0 Å². The lowest BCUT2D eigenvalue weighted by molar-refractivity contribution is 0.0677. The van der Waals surface area contributed by atoms with Gasteiger partial charge in [0, 0.05) is 12.7 Å². The minimum absolute atomic E-state index is 0.00937. The number of piperidine rings is 1. The number of carbonyl (C=O) groups excluding carboxylic acids is 1. The molecule has 2 heterocycles. The van der Waals surface area contributed by atoms with Gasteiger partial charge in [0.05, 0.1) is 6.04 Å². The second kappa shape index (κ2) is 7.34. The molecular formula is C19H23N3O2. The Bertz CT molecular complexity index is 703. The number of likely N-dealkylation sites (tertiary alicyclic amines) is 1. The number of anilines is 1. The van der Waals surface area contributed by atoms with Crippen molar-refractivity contribution in [2.75, 3.05) is 12.3 Å². The van der Waals surface area contributed by atoms with Crippen LogP contribution < -0.4 is 5.73 Å². The van der Waals surface area contributed by atoms with Crippen LogP contribution in [0.1, 0.15) is 42.0 Å². The average Bonchev–Trinajstić information content (AvgIpc) is 2.61. The van der Waals surface area contributed by atoms with E-state index in [1.54, 1.807) is 6.20 Å². The molecule has 2 aromatic rings. The summed E-state index contributed by atoms with van der Waals surface area (Å²) in [5.41, 5.74) is 8.86. The van der Waals surface area contributed by atoms with Gasteiger partial charge >= 0.3 is 6.09 Å². The van der Waals surface area contributed by atoms with Gasteiger partial charge < -0.3 is 15.4 Å². The maximum Gasteiger partial charge on any atom is 0.410 e. The lowest BCUT2D eigenvalue weighted by Crippen LogP contribution is -2.39. The van der Waals surface area contributed by atoms with Crippen LogP contribution in [0.2, 0.25) is 0 Å². The van der Waals surface area contributed by atoms with Gasteiger partial charge in [0.15, 0.2) is 0 Å². The molecule has 1 fully saturated rings. The molecule has 1 aliphatic rings. The number of hydrogen-bond donors (Lipinski definition) is 1. The van der Waals surface area contributed by atoms with Crippen LogP contribution in [0.3, 0.4) is 0 Å². The highest BCUT2D eigenvalue weighted by atomic mass is 16.6. The van der Waals surface area contributed by atoms with E-state index in [0.29, 0.717) is 19.0 Å². The minimum Gasteiger partial charge on any atom is -0.445 e. The van der Waals surface area contributed by atoms with Gasteiger partial charge in [0.1, 0.15) is 12.4 Å². The molecule has 0 spiro atoms. The number of aromatic nitrogens is 1. The fourth-order valence-electron chi connectivity index (χ4n) is 3.21. The highest BCUT2D eigenvalue weighted by Gasteiger charge is 2.30. The fourth-order valence-corrected chi connectivity index (χ4v) is 3.21. The summed E-state index contributed by atoms with van der Waals surface area (Å²) in [5, 5.41) is 0. The van der Waals surface area contributed by atoms with Crippen LogP contribution in [0, 0.1) is 6.92 Å². The summed E-state index contributed by atoms with van der Waals surface area (Å²) < 4.78 is 5.52. The van der Waals surface area contributed by atoms with Crippen molar-refractivity contribution in [3.8, 4) is 0 Å². The smallest absolute Gasteiger partial charge is 0.410 e. The highest BCUT2D eigenvalue weighted by molar-refractivity contribution is 5.68. The largest absolute Gasteiger partial charge is 0.445 e. The lowest BCUT2D eigenvalue weighted by atomic mass is 9.94. The predicted octanol–water partition coefficient (Wildman–Crippen LogP) is 3.84. The van der Waals surface area contributed by atoms with Crippen molar-refractivity contribution in [1.82, 2.24) is 9.88 Å². The first-order valence-corrected chi connectivity index (χ1v) is 8.34. The first-order chi connectivity index (χ1) is 11.6. The van der Waals surface area contributed by atoms with Crippen LogP contribution in [0.5, 0.6) is 0 Å². The first-order valence-electron chi connectivity index (χ1n) is 8.34. The standard InChI is InChI=1S/C19H23N3O2/c1-14-11-18(20)21-12-16(14)17-9-5-6-10-22(17)19(23)24-13-15-7-3-2-4-8-15/h2-4,7-8,11-12,17H,5-6,9-10,13H2,1H3,(H2,20,21)/t17-/m1/s1. The van der Waals surface area contributed by atoms with E-state index in [2.05, 4.69) is 4.98 Å². The zero-order valence-corrected chi connectivity index (χ0v) is 13.9. The molecule has 1 aliphatic heterocycles. The number of nitrogens with two attached hydrogens (primary N) is 1. The molecule has 1 atom stereocenters. The minimum atomic E-state index is -0.264. The second-order valence-corrected chi connectivity index (χ2v) is 6.21. The Labute approximate surface area is 142 Å². The number of hydrogen-bond acceptors (Lipinski definition) is 4. The number of ether oxygens (including phenoxy) is 1. The van der Waals surface area contributed by atoms with Crippen molar-refractivity contribution in [2.45, 2.75) is 38.8 Å². The summed E-state index contributed by atoms with van der Waals surface area (Å²) in [5.74, 6) is 0.505. The molecule has 24 heavy (non-hydrogen) atoms. The molecule has 1 amide bonds. The van der Waals surface area contributed by atoms with Crippen molar-refractivity contribution in [1.29, 1.82) is 0 Å². The number of aryl methyl sites for hydroxylation is 1. The topological polar surface area (TPSA) is 68.5 Å². The molecule has 3 rings (SSSR count). The van der Waals surface area contributed by atoms with Crippen molar-refractivity contribution in [2.24, 2.45) is 0 Å². The SMILES string of the molecule is Cc1cc(N)ncc1[C@H]1CCCCN1C(=O)OCc1ccccc1. The normalized spacial score (nSPS) is 17.5. The van der Waals surface area contributed by atoms with E-state index in [-0.39, 0.29) is 12.1 Å². The van der Waals surface area contributed by atoms with Gasteiger partial charge in [-0.25, -0.2) is 9.78 Å². The number of carbonyl (C=O) groups is 1. The zero-order valence-electron chi connectivity index (χ0n) is 13.9. The van der Waals surface area contributed by atoms with Crippen LogP contribution in [-0.2, 0) is 11.3 Å². The Morgan fingerprint density at radius 2 is 2.12 bits per heavy atom. The summed E-state index contributed by atoms with van der Waals surface area (Å²) in [4.78, 5) is 18.6. The molecule has 2 N–H and O–H groups in total. The molecule has 0 radical (unpaired) electrons. The summed E-state index contributed by atoms with van der Waals surface area (Å²) >= 11 is 0. The maximum absolute atomic E-state index is 12.6. The number of rotatable bonds is 3.